The van der Waals surface area contributed by atoms with E-state index >= 15 is 0 Å². The summed E-state index contributed by atoms with van der Waals surface area (Å²) < 4.78 is 11.3. The molecule has 0 aromatic heterocycles. The zero-order valence-electron chi connectivity index (χ0n) is 10.2. The van der Waals surface area contributed by atoms with E-state index in [1.807, 2.05) is 0 Å². The van der Waals surface area contributed by atoms with Gasteiger partial charge < -0.3 is 14.8 Å². The molecule has 1 aliphatic carbocycles. The largest absolute Gasteiger partial charge is 0.376 e. The van der Waals surface area contributed by atoms with Gasteiger partial charge in [0, 0.05) is 0 Å². The molecule has 1 fully saturated rings. The number of ether oxygens (including phenoxy) is 2. The van der Waals surface area contributed by atoms with Gasteiger partial charge in [0.05, 0.1) is 32.0 Å². The second-order valence-corrected chi connectivity index (χ2v) is 4.59. The molecule has 2 aliphatic rings. The Morgan fingerprint density at radius 1 is 1.50 bits per heavy atom. The first-order valence-electron chi connectivity index (χ1n) is 6.53. The van der Waals surface area contributed by atoms with Crippen LogP contribution >= 0.6 is 0 Å². The second kappa shape index (κ2) is 6.38. The van der Waals surface area contributed by atoms with Crippen LogP contribution in [0.3, 0.4) is 0 Å². The standard InChI is InChI=1S/C13H23NO2/c1-2-7-14-13(11-5-3-4-6-11)12-10-15-8-9-16-12/h5,12-14H,2-4,6-10H2,1H3. The molecular weight excluding hydrogens is 202 g/mol. The van der Waals surface area contributed by atoms with Gasteiger partial charge in [0.25, 0.3) is 0 Å². The van der Waals surface area contributed by atoms with Crippen LogP contribution in [0.2, 0.25) is 0 Å². The average Bonchev–Trinajstić information content (AvgIpc) is 2.85. The third-order valence-electron chi connectivity index (χ3n) is 3.30. The summed E-state index contributed by atoms with van der Waals surface area (Å²) in [7, 11) is 0. The molecule has 1 saturated heterocycles. The molecule has 0 aromatic carbocycles. The van der Waals surface area contributed by atoms with Crippen molar-refractivity contribution in [2.75, 3.05) is 26.4 Å². The molecule has 0 radical (unpaired) electrons. The molecular formula is C13H23NO2. The highest BCUT2D eigenvalue weighted by Gasteiger charge is 2.28. The molecule has 0 amide bonds. The predicted octanol–water partition coefficient (Wildman–Crippen LogP) is 1.88. The smallest absolute Gasteiger partial charge is 0.1000 e. The minimum absolute atomic E-state index is 0.213. The summed E-state index contributed by atoms with van der Waals surface area (Å²) in [6.45, 7) is 5.48. The molecule has 0 saturated carbocycles. The zero-order valence-corrected chi connectivity index (χ0v) is 10.2. The fraction of sp³-hybridized carbons (Fsp3) is 0.846. The van der Waals surface area contributed by atoms with Crippen molar-refractivity contribution in [2.45, 2.75) is 44.8 Å². The van der Waals surface area contributed by atoms with Gasteiger partial charge in [-0.15, -0.1) is 0 Å². The van der Waals surface area contributed by atoms with Gasteiger partial charge in [0.1, 0.15) is 0 Å². The maximum Gasteiger partial charge on any atom is 0.1000 e. The van der Waals surface area contributed by atoms with Crippen LogP contribution in [0, 0.1) is 0 Å². The van der Waals surface area contributed by atoms with Gasteiger partial charge in [-0.2, -0.15) is 0 Å². The van der Waals surface area contributed by atoms with Crippen molar-refractivity contribution in [3.05, 3.63) is 11.6 Å². The summed E-state index contributed by atoms with van der Waals surface area (Å²) >= 11 is 0. The second-order valence-electron chi connectivity index (χ2n) is 4.59. The zero-order chi connectivity index (χ0) is 11.2. The van der Waals surface area contributed by atoms with Crippen molar-refractivity contribution >= 4 is 0 Å². The summed E-state index contributed by atoms with van der Waals surface area (Å²) in [4.78, 5) is 0. The van der Waals surface area contributed by atoms with E-state index < -0.39 is 0 Å². The van der Waals surface area contributed by atoms with Crippen LogP contribution in [0.15, 0.2) is 11.6 Å². The van der Waals surface area contributed by atoms with E-state index in [4.69, 9.17) is 9.47 Å². The van der Waals surface area contributed by atoms with Crippen molar-refractivity contribution in [3.8, 4) is 0 Å². The minimum Gasteiger partial charge on any atom is -0.376 e. The third-order valence-corrected chi connectivity index (χ3v) is 3.30. The fourth-order valence-electron chi connectivity index (χ4n) is 2.48. The van der Waals surface area contributed by atoms with Crippen LogP contribution in [0.5, 0.6) is 0 Å². The van der Waals surface area contributed by atoms with Crippen LogP contribution in [0.1, 0.15) is 32.6 Å². The molecule has 3 nitrogen and oxygen atoms in total. The van der Waals surface area contributed by atoms with Gasteiger partial charge in [0.15, 0.2) is 0 Å². The van der Waals surface area contributed by atoms with Crippen LogP contribution in [-0.2, 0) is 9.47 Å². The van der Waals surface area contributed by atoms with Crippen molar-refractivity contribution in [3.63, 3.8) is 0 Å². The van der Waals surface area contributed by atoms with E-state index in [1.54, 1.807) is 0 Å². The van der Waals surface area contributed by atoms with E-state index in [1.165, 1.54) is 24.8 Å². The molecule has 92 valence electrons. The maximum absolute atomic E-state index is 5.82. The Morgan fingerprint density at radius 2 is 2.44 bits per heavy atom. The van der Waals surface area contributed by atoms with E-state index in [0.29, 0.717) is 6.04 Å². The SMILES string of the molecule is CCCNC(C1=CCCC1)C1COCCO1. The third kappa shape index (κ3) is 3.06. The average molecular weight is 225 g/mol. The topological polar surface area (TPSA) is 30.5 Å². The first-order valence-corrected chi connectivity index (χ1v) is 6.53. The summed E-state index contributed by atoms with van der Waals surface area (Å²) in [5, 5.41) is 3.61. The van der Waals surface area contributed by atoms with E-state index in [9.17, 15) is 0 Å². The van der Waals surface area contributed by atoms with Crippen molar-refractivity contribution in [1.29, 1.82) is 0 Å². The summed E-state index contributed by atoms with van der Waals surface area (Å²) in [6, 6.07) is 0.378. The van der Waals surface area contributed by atoms with E-state index in [-0.39, 0.29) is 6.10 Å². The van der Waals surface area contributed by atoms with Gasteiger partial charge in [-0.05, 0) is 32.2 Å². The van der Waals surface area contributed by atoms with Gasteiger partial charge in [0.2, 0.25) is 0 Å². The fourth-order valence-corrected chi connectivity index (χ4v) is 2.48. The molecule has 2 unspecified atom stereocenters. The molecule has 16 heavy (non-hydrogen) atoms. The minimum atomic E-state index is 0.213. The Bertz CT molecular complexity index is 234. The highest BCUT2D eigenvalue weighted by molar-refractivity contribution is 5.17. The molecule has 2 rings (SSSR count). The number of allylic oxidation sites excluding steroid dienone is 1. The lowest BCUT2D eigenvalue weighted by Gasteiger charge is -2.32. The maximum atomic E-state index is 5.82. The lowest BCUT2D eigenvalue weighted by molar-refractivity contribution is -0.0969. The molecule has 3 heteroatoms. The van der Waals surface area contributed by atoms with E-state index in [0.717, 1.165) is 32.8 Å². The summed E-state index contributed by atoms with van der Waals surface area (Å²) in [5.74, 6) is 0. The van der Waals surface area contributed by atoms with Crippen LogP contribution in [-0.4, -0.2) is 38.5 Å². The molecule has 0 aromatic rings. The van der Waals surface area contributed by atoms with Crippen molar-refractivity contribution in [2.24, 2.45) is 0 Å². The predicted molar refractivity (Wildman–Crippen MR) is 64.6 cm³/mol. The first kappa shape index (κ1) is 12.1. The summed E-state index contributed by atoms with van der Waals surface area (Å²) in [6.07, 6.45) is 7.51. The van der Waals surface area contributed by atoms with Gasteiger partial charge in [-0.3, -0.25) is 0 Å². The number of rotatable bonds is 5. The first-order chi connectivity index (χ1) is 7.92. The molecule has 1 N–H and O–H groups in total. The van der Waals surface area contributed by atoms with Crippen LogP contribution in [0.25, 0.3) is 0 Å². The summed E-state index contributed by atoms with van der Waals surface area (Å²) in [5.41, 5.74) is 1.53. The van der Waals surface area contributed by atoms with Gasteiger partial charge >= 0.3 is 0 Å². The lowest BCUT2D eigenvalue weighted by Crippen LogP contribution is -2.47. The lowest BCUT2D eigenvalue weighted by atomic mass is 10.0. The van der Waals surface area contributed by atoms with Crippen LogP contribution in [0.4, 0.5) is 0 Å². The Hall–Kier alpha value is -0.380. The van der Waals surface area contributed by atoms with Crippen LogP contribution < -0.4 is 5.32 Å². The number of nitrogens with one attached hydrogen (secondary N) is 1. The Kier molecular flexibility index (Phi) is 4.82. The Balaban J connectivity index is 1.94. The Morgan fingerprint density at radius 3 is 3.06 bits per heavy atom. The monoisotopic (exact) mass is 225 g/mol. The van der Waals surface area contributed by atoms with Crippen molar-refractivity contribution < 1.29 is 9.47 Å². The quantitative estimate of drug-likeness (QED) is 0.725. The molecule has 0 bridgehead atoms. The molecule has 2 atom stereocenters. The normalized spacial score (nSPS) is 27.8. The van der Waals surface area contributed by atoms with Gasteiger partial charge in [-0.1, -0.05) is 18.6 Å². The highest BCUT2D eigenvalue weighted by atomic mass is 16.6. The number of hydrogen-bond donors (Lipinski definition) is 1. The van der Waals surface area contributed by atoms with Crippen molar-refractivity contribution in [1.82, 2.24) is 5.32 Å². The van der Waals surface area contributed by atoms with Gasteiger partial charge in [-0.25, -0.2) is 0 Å². The molecule has 1 heterocycles. The number of hydrogen-bond acceptors (Lipinski definition) is 3. The molecule has 1 aliphatic heterocycles. The Labute approximate surface area is 98.2 Å². The van der Waals surface area contributed by atoms with E-state index in [2.05, 4.69) is 18.3 Å². The highest BCUT2D eigenvalue weighted by Crippen LogP contribution is 2.24. The molecule has 0 spiro atoms.